The molecule has 2 aliphatic rings. The first-order valence-electron chi connectivity index (χ1n) is 7.20. The Morgan fingerprint density at radius 3 is 2.41 bits per heavy atom. The van der Waals surface area contributed by atoms with Gasteiger partial charge in [-0.15, -0.1) is 0 Å². The molecular weight excluding hydrogens is 212 g/mol. The van der Waals surface area contributed by atoms with Gasteiger partial charge in [-0.2, -0.15) is 0 Å². The van der Waals surface area contributed by atoms with Crippen molar-refractivity contribution in [3.8, 4) is 0 Å². The number of hydrogen-bond acceptors (Lipinski definition) is 2. The molecule has 0 aromatic rings. The van der Waals surface area contributed by atoms with Crippen molar-refractivity contribution in [1.29, 1.82) is 0 Å². The van der Waals surface area contributed by atoms with Crippen molar-refractivity contribution in [3.63, 3.8) is 0 Å². The molecule has 0 heterocycles. The number of rotatable bonds is 6. The number of nitrogens with one attached hydrogen (secondary N) is 1. The largest absolute Gasteiger partial charge is 0.336 e. The lowest BCUT2D eigenvalue weighted by Gasteiger charge is -2.33. The lowest BCUT2D eigenvalue weighted by atomic mass is 10.1. The van der Waals surface area contributed by atoms with Gasteiger partial charge < -0.3 is 10.2 Å². The van der Waals surface area contributed by atoms with Gasteiger partial charge in [0.1, 0.15) is 0 Å². The maximum atomic E-state index is 12.2. The zero-order valence-corrected chi connectivity index (χ0v) is 11.2. The van der Waals surface area contributed by atoms with Gasteiger partial charge in [0.15, 0.2) is 0 Å². The minimum Gasteiger partial charge on any atom is -0.336 e. The number of hydrogen-bond donors (Lipinski definition) is 1. The third-order valence-electron chi connectivity index (χ3n) is 3.97. The molecule has 0 saturated heterocycles. The molecule has 0 bridgehead atoms. The van der Waals surface area contributed by atoms with Crippen LogP contribution in [0.4, 0.5) is 0 Å². The molecule has 0 aromatic heterocycles. The highest BCUT2D eigenvalue weighted by Crippen LogP contribution is 2.27. The second-order valence-corrected chi connectivity index (χ2v) is 5.91. The van der Waals surface area contributed by atoms with E-state index >= 15 is 0 Å². The summed E-state index contributed by atoms with van der Waals surface area (Å²) < 4.78 is 0. The van der Waals surface area contributed by atoms with E-state index in [1.807, 2.05) is 0 Å². The highest BCUT2D eigenvalue weighted by atomic mass is 16.2. The van der Waals surface area contributed by atoms with Crippen molar-refractivity contribution in [1.82, 2.24) is 10.2 Å². The van der Waals surface area contributed by atoms with Crippen molar-refractivity contribution >= 4 is 5.91 Å². The molecule has 1 amide bonds. The Bertz CT molecular complexity index is 255. The Hall–Kier alpha value is -0.570. The van der Waals surface area contributed by atoms with Crippen LogP contribution in [0.25, 0.3) is 0 Å². The zero-order valence-electron chi connectivity index (χ0n) is 11.2. The van der Waals surface area contributed by atoms with E-state index in [9.17, 15) is 4.79 Å². The summed E-state index contributed by atoms with van der Waals surface area (Å²) in [6.07, 6.45) is 7.67. The molecule has 0 unspecified atom stereocenters. The maximum absolute atomic E-state index is 12.2. The van der Waals surface area contributed by atoms with Crippen molar-refractivity contribution in [2.75, 3.05) is 13.1 Å². The third-order valence-corrected chi connectivity index (χ3v) is 3.97. The summed E-state index contributed by atoms with van der Waals surface area (Å²) >= 11 is 0. The average Bonchev–Trinajstić information content (AvgIpc) is 2.93. The monoisotopic (exact) mass is 238 g/mol. The summed E-state index contributed by atoms with van der Waals surface area (Å²) in [5.41, 5.74) is 0. The molecule has 17 heavy (non-hydrogen) atoms. The van der Waals surface area contributed by atoms with Gasteiger partial charge in [0.05, 0.1) is 6.54 Å². The first-order valence-corrected chi connectivity index (χ1v) is 7.20. The average molecular weight is 238 g/mol. The van der Waals surface area contributed by atoms with Crippen molar-refractivity contribution in [2.24, 2.45) is 5.92 Å². The van der Waals surface area contributed by atoms with E-state index in [2.05, 4.69) is 24.1 Å². The Morgan fingerprint density at radius 2 is 1.88 bits per heavy atom. The lowest BCUT2D eigenvalue weighted by molar-refractivity contribution is -0.134. The smallest absolute Gasteiger partial charge is 0.237 e. The Balaban J connectivity index is 1.78. The molecular formula is C14H26N2O. The van der Waals surface area contributed by atoms with Gasteiger partial charge >= 0.3 is 0 Å². The van der Waals surface area contributed by atoms with Crippen molar-refractivity contribution in [2.45, 2.75) is 64.5 Å². The third kappa shape index (κ3) is 3.70. The molecule has 2 saturated carbocycles. The Morgan fingerprint density at radius 1 is 1.24 bits per heavy atom. The highest BCUT2D eigenvalue weighted by molar-refractivity contribution is 5.79. The normalized spacial score (nSPS) is 21.1. The topological polar surface area (TPSA) is 32.3 Å². The number of nitrogens with zero attached hydrogens (tertiary/aromatic N) is 1. The molecule has 2 aliphatic carbocycles. The van der Waals surface area contributed by atoms with Crippen LogP contribution in [0.15, 0.2) is 0 Å². The lowest BCUT2D eigenvalue weighted by Crippen LogP contribution is -2.47. The van der Waals surface area contributed by atoms with E-state index in [0.29, 0.717) is 24.5 Å². The summed E-state index contributed by atoms with van der Waals surface area (Å²) in [5.74, 6) is 1.15. The van der Waals surface area contributed by atoms with Crippen molar-refractivity contribution < 1.29 is 4.79 Å². The van der Waals surface area contributed by atoms with Crippen LogP contribution in [0.3, 0.4) is 0 Å². The number of carbonyl (C=O) groups excluding carboxylic acids is 1. The molecule has 98 valence electrons. The van der Waals surface area contributed by atoms with E-state index in [1.165, 1.54) is 38.5 Å². The highest BCUT2D eigenvalue weighted by Gasteiger charge is 2.28. The van der Waals surface area contributed by atoms with Crippen LogP contribution >= 0.6 is 0 Å². The standard InChI is InChI=1S/C14H26N2O/c1-11(2)16(13-5-3-4-6-13)14(17)10-15-9-12-7-8-12/h11-13,15H,3-10H2,1-2H3. The molecule has 0 atom stereocenters. The van der Waals surface area contributed by atoms with Gasteiger partial charge in [0.25, 0.3) is 0 Å². The molecule has 3 heteroatoms. The molecule has 0 aliphatic heterocycles. The number of carbonyl (C=O) groups is 1. The van der Waals surface area contributed by atoms with E-state index < -0.39 is 0 Å². The predicted octanol–water partition coefficient (Wildman–Crippen LogP) is 2.17. The predicted molar refractivity (Wildman–Crippen MR) is 69.8 cm³/mol. The summed E-state index contributed by atoms with van der Waals surface area (Å²) in [6, 6.07) is 0.846. The van der Waals surface area contributed by atoms with Crippen LogP contribution in [-0.2, 0) is 4.79 Å². The first kappa shape index (κ1) is 12.9. The maximum Gasteiger partial charge on any atom is 0.237 e. The summed E-state index contributed by atoms with van der Waals surface area (Å²) in [5, 5.41) is 3.31. The van der Waals surface area contributed by atoms with E-state index in [0.717, 1.165) is 12.5 Å². The van der Waals surface area contributed by atoms with Gasteiger partial charge in [0, 0.05) is 12.1 Å². The summed E-state index contributed by atoms with van der Waals surface area (Å²) in [4.78, 5) is 14.4. The van der Waals surface area contributed by atoms with Crippen LogP contribution in [0.1, 0.15) is 52.4 Å². The van der Waals surface area contributed by atoms with Crippen LogP contribution in [0, 0.1) is 5.92 Å². The minimum absolute atomic E-state index is 0.299. The van der Waals surface area contributed by atoms with Gasteiger partial charge in [-0.05, 0) is 52.0 Å². The zero-order chi connectivity index (χ0) is 12.3. The first-order chi connectivity index (χ1) is 8.18. The van der Waals surface area contributed by atoms with Crippen LogP contribution in [0.2, 0.25) is 0 Å². The Kier molecular flexibility index (Phi) is 4.43. The van der Waals surface area contributed by atoms with E-state index in [1.54, 1.807) is 0 Å². The molecule has 1 N–H and O–H groups in total. The van der Waals surface area contributed by atoms with Gasteiger partial charge in [-0.25, -0.2) is 0 Å². The molecule has 0 radical (unpaired) electrons. The Labute approximate surface area is 105 Å². The molecule has 2 fully saturated rings. The second kappa shape index (κ2) is 5.85. The fourth-order valence-corrected chi connectivity index (χ4v) is 2.89. The number of amides is 1. The fourth-order valence-electron chi connectivity index (χ4n) is 2.89. The van der Waals surface area contributed by atoms with Gasteiger partial charge in [-0.1, -0.05) is 12.8 Å². The van der Waals surface area contributed by atoms with Crippen LogP contribution in [-0.4, -0.2) is 36.0 Å². The summed E-state index contributed by atoms with van der Waals surface area (Å²) in [7, 11) is 0. The summed E-state index contributed by atoms with van der Waals surface area (Å²) in [6.45, 7) is 5.84. The van der Waals surface area contributed by atoms with Crippen LogP contribution in [0.5, 0.6) is 0 Å². The minimum atomic E-state index is 0.299. The van der Waals surface area contributed by atoms with E-state index in [4.69, 9.17) is 0 Å². The van der Waals surface area contributed by atoms with Gasteiger partial charge in [-0.3, -0.25) is 4.79 Å². The molecule has 0 aromatic carbocycles. The molecule has 0 spiro atoms. The quantitative estimate of drug-likeness (QED) is 0.769. The SMILES string of the molecule is CC(C)N(C(=O)CNCC1CC1)C1CCCC1. The molecule has 2 rings (SSSR count). The molecule has 3 nitrogen and oxygen atoms in total. The second-order valence-electron chi connectivity index (χ2n) is 5.91. The van der Waals surface area contributed by atoms with Gasteiger partial charge in [0.2, 0.25) is 5.91 Å². The fraction of sp³-hybridized carbons (Fsp3) is 0.929. The van der Waals surface area contributed by atoms with E-state index in [-0.39, 0.29) is 0 Å². The van der Waals surface area contributed by atoms with Crippen LogP contribution < -0.4 is 5.32 Å². The van der Waals surface area contributed by atoms with Crippen molar-refractivity contribution in [3.05, 3.63) is 0 Å².